The molecule has 0 radical (unpaired) electrons. The summed E-state index contributed by atoms with van der Waals surface area (Å²) in [5, 5.41) is 6.55. The average Bonchev–Trinajstić information content (AvgIpc) is 2.65. The zero-order valence-electron chi connectivity index (χ0n) is 15.0. The minimum atomic E-state index is 0.193. The molecule has 2 N–H and O–H groups in total. The van der Waals surface area contributed by atoms with Crippen molar-refractivity contribution >= 4 is 5.96 Å². The second-order valence-electron chi connectivity index (χ2n) is 5.68. The third kappa shape index (κ3) is 6.81. The van der Waals surface area contributed by atoms with Crippen molar-refractivity contribution in [3.8, 4) is 5.75 Å². The summed E-state index contributed by atoms with van der Waals surface area (Å²) < 4.78 is 10.9. The number of pyridine rings is 1. The highest BCUT2D eigenvalue weighted by molar-refractivity contribution is 5.79. The number of ether oxygens (including phenoxy) is 2. The van der Waals surface area contributed by atoms with Gasteiger partial charge in [-0.05, 0) is 36.8 Å². The van der Waals surface area contributed by atoms with Crippen LogP contribution in [0.4, 0.5) is 0 Å². The van der Waals surface area contributed by atoms with E-state index in [1.807, 2.05) is 49.4 Å². The molecule has 2 aromatic rings. The Hall–Kier alpha value is -2.60. The summed E-state index contributed by atoms with van der Waals surface area (Å²) in [4.78, 5) is 8.46. The number of aromatic nitrogens is 1. The van der Waals surface area contributed by atoms with E-state index >= 15 is 0 Å². The van der Waals surface area contributed by atoms with Gasteiger partial charge in [0.05, 0.1) is 12.3 Å². The molecular weight excluding hydrogens is 316 g/mol. The fourth-order valence-corrected chi connectivity index (χ4v) is 2.25. The predicted molar refractivity (Wildman–Crippen MR) is 99.7 cm³/mol. The molecule has 0 saturated carbocycles. The summed E-state index contributed by atoms with van der Waals surface area (Å²) in [6.45, 7) is 3.82. The lowest BCUT2D eigenvalue weighted by Crippen LogP contribution is -2.43. The van der Waals surface area contributed by atoms with Crippen LogP contribution in [0.5, 0.6) is 5.75 Å². The van der Waals surface area contributed by atoms with E-state index in [1.165, 1.54) is 0 Å². The second-order valence-corrected chi connectivity index (χ2v) is 5.68. The Labute approximate surface area is 149 Å². The van der Waals surface area contributed by atoms with Crippen LogP contribution in [0.1, 0.15) is 18.2 Å². The van der Waals surface area contributed by atoms with Gasteiger partial charge < -0.3 is 20.1 Å². The molecule has 0 bridgehead atoms. The Morgan fingerprint density at radius 2 is 2.00 bits per heavy atom. The maximum Gasteiger partial charge on any atom is 0.191 e. The van der Waals surface area contributed by atoms with Gasteiger partial charge in [-0.1, -0.05) is 18.2 Å². The lowest BCUT2D eigenvalue weighted by Gasteiger charge is -2.17. The Kier molecular flexibility index (Phi) is 7.72. The van der Waals surface area contributed by atoms with Gasteiger partial charge in [0.2, 0.25) is 0 Å². The van der Waals surface area contributed by atoms with Crippen LogP contribution in [-0.2, 0) is 17.9 Å². The van der Waals surface area contributed by atoms with Gasteiger partial charge in [-0.25, -0.2) is 0 Å². The van der Waals surface area contributed by atoms with E-state index in [4.69, 9.17) is 9.47 Å². The highest BCUT2D eigenvalue weighted by atomic mass is 16.5. The van der Waals surface area contributed by atoms with Gasteiger partial charge in [0, 0.05) is 32.9 Å². The molecule has 0 amide bonds. The molecule has 0 fully saturated rings. The van der Waals surface area contributed by atoms with Crippen LogP contribution in [0.25, 0.3) is 0 Å². The quantitative estimate of drug-likeness (QED) is 0.569. The summed E-state index contributed by atoms with van der Waals surface area (Å²) >= 11 is 0. The van der Waals surface area contributed by atoms with Gasteiger partial charge in [-0.15, -0.1) is 0 Å². The van der Waals surface area contributed by atoms with Crippen molar-refractivity contribution in [2.45, 2.75) is 26.1 Å². The summed E-state index contributed by atoms with van der Waals surface area (Å²) in [6, 6.07) is 14.0. The van der Waals surface area contributed by atoms with E-state index in [9.17, 15) is 0 Å². The highest BCUT2D eigenvalue weighted by Crippen LogP contribution is 2.13. The largest absolute Gasteiger partial charge is 0.487 e. The van der Waals surface area contributed by atoms with Crippen LogP contribution in [-0.4, -0.2) is 37.7 Å². The summed E-state index contributed by atoms with van der Waals surface area (Å²) in [5.74, 6) is 1.57. The van der Waals surface area contributed by atoms with Crippen LogP contribution in [0.15, 0.2) is 53.7 Å². The Morgan fingerprint density at radius 3 is 2.64 bits per heavy atom. The predicted octanol–water partition coefficient (Wildman–Crippen LogP) is 2.36. The molecule has 0 saturated heterocycles. The zero-order valence-corrected chi connectivity index (χ0v) is 15.0. The van der Waals surface area contributed by atoms with E-state index < -0.39 is 0 Å². The SMILES string of the molecule is CN=C(NCc1ccc(OCc2ccccn2)cc1)NC(C)COC. The van der Waals surface area contributed by atoms with Crippen LogP contribution in [0, 0.1) is 0 Å². The molecule has 1 atom stereocenters. The van der Waals surface area contributed by atoms with E-state index in [1.54, 1.807) is 20.4 Å². The van der Waals surface area contributed by atoms with Crippen molar-refractivity contribution in [1.29, 1.82) is 0 Å². The number of aliphatic imine (C=N–C) groups is 1. The average molecular weight is 342 g/mol. The molecule has 1 unspecified atom stereocenters. The fourth-order valence-electron chi connectivity index (χ4n) is 2.25. The van der Waals surface area contributed by atoms with Crippen molar-refractivity contribution in [2.75, 3.05) is 20.8 Å². The van der Waals surface area contributed by atoms with Gasteiger partial charge >= 0.3 is 0 Å². The van der Waals surface area contributed by atoms with Gasteiger partial charge in [0.15, 0.2) is 5.96 Å². The van der Waals surface area contributed by atoms with Crippen molar-refractivity contribution < 1.29 is 9.47 Å². The van der Waals surface area contributed by atoms with Crippen LogP contribution >= 0.6 is 0 Å². The maximum atomic E-state index is 5.74. The molecule has 0 aliphatic heterocycles. The van der Waals surface area contributed by atoms with Gasteiger partial charge in [-0.2, -0.15) is 0 Å². The normalized spacial score (nSPS) is 12.5. The maximum absolute atomic E-state index is 5.74. The standard InChI is InChI=1S/C19H26N4O2/c1-15(13-24-3)23-19(20-2)22-12-16-7-9-18(10-8-16)25-14-17-6-4-5-11-21-17/h4-11,15H,12-14H2,1-3H3,(H2,20,22,23). The molecule has 1 aromatic heterocycles. The first-order valence-corrected chi connectivity index (χ1v) is 8.29. The Bertz CT molecular complexity index is 644. The number of methoxy groups -OCH3 is 1. The van der Waals surface area contributed by atoms with E-state index in [0.29, 0.717) is 19.8 Å². The van der Waals surface area contributed by atoms with E-state index in [2.05, 4.69) is 20.6 Å². The van der Waals surface area contributed by atoms with Gasteiger partial charge in [0.1, 0.15) is 12.4 Å². The molecule has 2 rings (SSSR count). The Morgan fingerprint density at radius 1 is 1.20 bits per heavy atom. The first-order valence-electron chi connectivity index (χ1n) is 8.29. The molecule has 6 nitrogen and oxygen atoms in total. The van der Waals surface area contributed by atoms with Crippen molar-refractivity contribution in [2.24, 2.45) is 4.99 Å². The summed E-state index contributed by atoms with van der Waals surface area (Å²) in [6.07, 6.45) is 1.77. The molecule has 25 heavy (non-hydrogen) atoms. The highest BCUT2D eigenvalue weighted by Gasteiger charge is 2.04. The minimum absolute atomic E-state index is 0.193. The fraction of sp³-hybridized carbons (Fsp3) is 0.368. The molecule has 1 heterocycles. The second kappa shape index (κ2) is 10.3. The smallest absolute Gasteiger partial charge is 0.191 e. The minimum Gasteiger partial charge on any atom is -0.487 e. The lowest BCUT2D eigenvalue weighted by molar-refractivity contribution is 0.179. The topological polar surface area (TPSA) is 67.8 Å². The lowest BCUT2D eigenvalue weighted by atomic mass is 10.2. The third-order valence-corrected chi connectivity index (χ3v) is 3.52. The van der Waals surface area contributed by atoms with Crippen molar-refractivity contribution in [3.05, 3.63) is 59.9 Å². The molecule has 0 spiro atoms. The number of hydrogen-bond acceptors (Lipinski definition) is 4. The molecular formula is C19H26N4O2. The molecule has 0 aliphatic rings. The van der Waals surface area contributed by atoms with Gasteiger partial charge in [0.25, 0.3) is 0 Å². The summed E-state index contributed by atoms with van der Waals surface area (Å²) in [7, 11) is 3.44. The van der Waals surface area contributed by atoms with Crippen molar-refractivity contribution in [3.63, 3.8) is 0 Å². The van der Waals surface area contributed by atoms with Crippen LogP contribution < -0.4 is 15.4 Å². The van der Waals surface area contributed by atoms with E-state index in [0.717, 1.165) is 23.0 Å². The number of nitrogens with one attached hydrogen (secondary N) is 2. The van der Waals surface area contributed by atoms with E-state index in [-0.39, 0.29) is 6.04 Å². The van der Waals surface area contributed by atoms with Crippen LogP contribution in [0.3, 0.4) is 0 Å². The number of nitrogens with zero attached hydrogens (tertiary/aromatic N) is 2. The molecule has 1 aromatic carbocycles. The monoisotopic (exact) mass is 342 g/mol. The first-order chi connectivity index (χ1) is 12.2. The summed E-state index contributed by atoms with van der Waals surface area (Å²) in [5.41, 5.74) is 2.06. The van der Waals surface area contributed by atoms with Crippen LogP contribution in [0.2, 0.25) is 0 Å². The van der Waals surface area contributed by atoms with Gasteiger partial charge in [-0.3, -0.25) is 9.98 Å². The molecule has 6 heteroatoms. The number of benzene rings is 1. The molecule has 0 aliphatic carbocycles. The Balaban J connectivity index is 1.79. The zero-order chi connectivity index (χ0) is 17.9. The first kappa shape index (κ1) is 18.7. The number of guanidine groups is 1. The molecule has 134 valence electrons. The van der Waals surface area contributed by atoms with Crippen molar-refractivity contribution in [1.82, 2.24) is 15.6 Å². The third-order valence-electron chi connectivity index (χ3n) is 3.52. The number of hydrogen-bond donors (Lipinski definition) is 2. The number of rotatable bonds is 8.